The lowest BCUT2D eigenvalue weighted by Gasteiger charge is -2.22. The predicted octanol–water partition coefficient (Wildman–Crippen LogP) is 1.54. The molecule has 1 aromatic rings. The number of sulfonamides is 1. The maximum absolute atomic E-state index is 13.4. The Bertz CT molecular complexity index is 619. The van der Waals surface area contributed by atoms with Gasteiger partial charge in [0, 0.05) is 13.2 Å². The second kappa shape index (κ2) is 6.31. The molecule has 2 rings (SSSR count). The molecule has 5 nitrogen and oxygen atoms in total. The molecule has 1 aliphatic heterocycles. The van der Waals surface area contributed by atoms with Crippen LogP contribution in [0.4, 0.5) is 4.39 Å². The van der Waals surface area contributed by atoms with Crippen LogP contribution in [0.5, 0.6) is 0 Å². The third-order valence-electron chi connectivity index (χ3n) is 3.15. The Hall–Kier alpha value is -1.49. The first-order valence-electron chi connectivity index (χ1n) is 6.34. The van der Waals surface area contributed by atoms with E-state index in [4.69, 9.17) is 10.00 Å². The van der Waals surface area contributed by atoms with Gasteiger partial charge >= 0.3 is 0 Å². The first-order valence-corrected chi connectivity index (χ1v) is 7.83. The van der Waals surface area contributed by atoms with E-state index in [9.17, 15) is 12.8 Å². The van der Waals surface area contributed by atoms with Gasteiger partial charge in [-0.25, -0.2) is 17.5 Å². The molecule has 20 heavy (non-hydrogen) atoms. The van der Waals surface area contributed by atoms with Gasteiger partial charge in [-0.15, -0.1) is 0 Å². The van der Waals surface area contributed by atoms with Crippen molar-refractivity contribution >= 4 is 10.0 Å². The maximum atomic E-state index is 13.4. The fourth-order valence-corrected chi connectivity index (χ4v) is 3.32. The fourth-order valence-electron chi connectivity index (χ4n) is 2.09. The van der Waals surface area contributed by atoms with Crippen molar-refractivity contribution in [2.75, 3.05) is 13.2 Å². The minimum Gasteiger partial charge on any atom is -0.377 e. The van der Waals surface area contributed by atoms with Crippen molar-refractivity contribution in [1.82, 2.24) is 4.72 Å². The molecule has 108 valence electrons. The Morgan fingerprint density at radius 3 is 2.90 bits per heavy atom. The maximum Gasteiger partial charge on any atom is 0.242 e. The van der Waals surface area contributed by atoms with Crippen LogP contribution in [-0.4, -0.2) is 27.7 Å². The third kappa shape index (κ3) is 3.33. The largest absolute Gasteiger partial charge is 0.377 e. The van der Waals surface area contributed by atoms with E-state index in [1.807, 2.05) is 0 Å². The highest BCUT2D eigenvalue weighted by Crippen LogP contribution is 2.18. The van der Waals surface area contributed by atoms with Crippen LogP contribution in [0.1, 0.15) is 24.8 Å². The molecule has 0 saturated carbocycles. The summed E-state index contributed by atoms with van der Waals surface area (Å²) in [5.74, 6) is -0.843. The lowest BCUT2D eigenvalue weighted by molar-refractivity contribution is 0.0200. The Morgan fingerprint density at radius 1 is 1.45 bits per heavy atom. The molecule has 1 aliphatic rings. The molecule has 0 radical (unpaired) electrons. The second-order valence-electron chi connectivity index (χ2n) is 4.57. The highest BCUT2D eigenvalue weighted by molar-refractivity contribution is 7.89. The van der Waals surface area contributed by atoms with E-state index in [-0.39, 0.29) is 17.5 Å². The SMILES string of the molecule is N#Cc1c(F)cccc1S(=O)(=O)NCC1CCCCO1. The van der Waals surface area contributed by atoms with E-state index >= 15 is 0 Å². The molecule has 7 heteroatoms. The lowest BCUT2D eigenvalue weighted by Crippen LogP contribution is -2.35. The summed E-state index contributed by atoms with van der Waals surface area (Å²) in [4.78, 5) is -0.337. The summed E-state index contributed by atoms with van der Waals surface area (Å²) in [5, 5.41) is 8.87. The van der Waals surface area contributed by atoms with Crippen LogP contribution < -0.4 is 4.72 Å². The Kier molecular flexibility index (Phi) is 4.70. The van der Waals surface area contributed by atoms with Gasteiger partial charge in [-0.05, 0) is 31.4 Å². The molecule has 0 aromatic heterocycles. The number of benzene rings is 1. The van der Waals surface area contributed by atoms with Crippen LogP contribution in [0.15, 0.2) is 23.1 Å². The van der Waals surface area contributed by atoms with Crippen molar-refractivity contribution < 1.29 is 17.5 Å². The normalized spacial score (nSPS) is 19.5. The minimum atomic E-state index is -3.92. The summed E-state index contributed by atoms with van der Waals surface area (Å²) < 4.78 is 45.5. The second-order valence-corrected chi connectivity index (χ2v) is 6.30. The van der Waals surface area contributed by atoms with Crippen molar-refractivity contribution in [3.63, 3.8) is 0 Å². The van der Waals surface area contributed by atoms with Crippen molar-refractivity contribution in [3.05, 3.63) is 29.6 Å². The van der Waals surface area contributed by atoms with Gasteiger partial charge in [0.2, 0.25) is 10.0 Å². The first-order chi connectivity index (χ1) is 9.54. The zero-order valence-corrected chi connectivity index (χ0v) is 11.6. The summed E-state index contributed by atoms with van der Waals surface area (Å²) >= 11 is 0. The third-order valence-corrected chi connectivity index (χ3v) is 4.62. The molecular formula is C13H15FN2O3S. The van der Waals surface area contributed by atoms with Gasteiger partial charge in [-0.3, -0.25) is 0 Å². The van der Waals surface area contributed by atoms with Gasteiger partial charge in [0.1, 0.15) is 22.3 Å². The molecule has 0 bridgehead atoms. The van der Waals surface area contributed by atoms with E-state index in [0.29, 0.717) is 6.61 Å². The molecule has 1 aromatic carbocycles. The van der Waals surface area contributed by atoms with Crippen LogP contribution in [0.25, 0.3) is 0 Å². The van der Waals surface area contributed by atoms with Crippen molar-refractivity contribution in [1.29, 1.82) is 5.26 Å². The molecule has 0 aliphatic carbocycles. The molecule has 1 saturated heterocycles. The number of nitrogens with zero attached hydrogens (tertiary/aromatic N) is 1. The molecule has 0 spiro atoms. The smallest absolute Gasteiger partial charge is 0.242 e. The van der Waals surface area contributed by atoms with Crippen LogP contribution in [0.3, 0.4) is 0 Å². The van der Waals surface area contributed by atoms with Gasteiger partial charge in [0.25, 0.3) is 0 Å². The number of halogens is 1. The van der Waals surface area contributed by atoms with E-state index in [1.54, 1.807) is 6.07 Å². The number of ether oxygens (including phenoxy) is 1. The Morgan fingerprint density at radius 2 is 2.25 bits per heavy atom. The first kappa shape index (κ1) is 14.9. The molecule has 1 fully saturated rings. The quantitative estimate of drug-likeness (QED) is 0.914. The topological polar surface area (TPSA) is 79.2 Å². The zero-order valence-electron chi connectivity index (χ0n) is 10.8. The number of hydrogen-bond acceptors (Lipinski definition) is 4. The van der Waals surface area contributed by atoms with Gasteiger partial charge < -0.3 is 4.74 Å². The summed E-state index contributed by atoms with van der Waals surface area (Å²) in [6, 6.07) is 5.12. The highest BCUT2D eigenvalue weighted by Gasteiger charge is 2.23. The monoisotopic (exact) mass is 298 g/mol. The van der Waals surface area contributed by atoms with Crippen molar-refractivity contribution in [3.8, 4) is 6.07 Å². The van der Waals surface area contributed by atoms with Gasteiger partial charge in [-0.1, -0.05) is 6.07 Å². The number of hydrogen-bond donors (Lipinski definition) is 1. The molecular weight excluding hydrogens is 283 g/mol. The van der Waals surface area contributed by atoms with Crippen LogP contribution >= 0.6 is 0 Å². The van der Waals surface area contributed by atoms with Gasteiger partial charge in [-0.2, -0.15) is 5.26 Å². The van der Waals surface area contributed by atoms with Gasteiger partial charge in [0.15, 0.2) is 0 Å². The molecule has 1 unspecified atom stereocenters. The van der Waals surface area contributed by atoms with Crippen molar-refractivity contribution in [2.45, 2.75) is 30.3 Å². The molecule has 1 heterocycles. The van der Waals surface area contributed by atoms with E-state index in [1.165, 1.54) is 12.1 Å². The highest BCUT2D eigenvalue weighted by atomic mass is 32.2. The zero-order chi connectivity index (χ0) is 14.6. The van der Waals surface area contributed by atoms with Crippen LogP contribution in [0, 0.1) is 17.1 Å². The van der Waals surface area contributed by atoms with E-state index in [2.05, 4.69) is 4.72 Å². The summed E-state index contributed by atoms with van der Waals surface area (Å²) in [7, 11) is -3.92. The summed E-state index contributed by atoms with van der Waals surface area (Å²) in [6.45, 7) is 0.750. The molecule has 1 N–H and O–H groups in total. The molecule has 0 amide bonds. The minimum absolute atomic E-state index is 0.129. The van der Waals surface area contributed by atoms with Crippen LogP contribution in [0.2, 0.25) is 0 Å². The number of nitriles is 1. The Balaban J connectivity index is 2.14. The standard InChI is InChI=1S/C13H15FN2O3S/c14-12-5-3-6-13(11(12)8-15)20(17,18)16-9-10-4-1-2-7-19-10/h3,5-6,10,16H,1-2,4,7,9H2. The van der Waals surface area contributed by atoms with Crippen molar-refractivity contribution in [2.24, 2.45) is 0 Å². The number of rotatable bonds is 4. The lowest BCUT2D eigenvalue weighted by atomic mass is 10.1. The predicted molar refractivity (Wildman–Crippen MR) is 69.9 cm³/mol. The van der Waals surface area contributed by atoms with Gasteiger partial charge in [0.05, 0.1) is 6.10 Å². The average molecular weight is 298 g/mol. The Labute approximate surface area is 117 Å². The fraction of sp³-hybridized carbons (Fsp3) is 0.462. The number of nitrogens with one attached hydrogen (secondary N) is 1. The summed E-state index contributed by atoms with van der Waals surface area (Å²) in [5.41, 5.74) is -0.468. The average Bonchev–Trinajstić information content (AvgIpc) is 2.46. The van der Waals surface area contributed by atoms with Crippen LogP contribution in [-0.2, 0) is 14.8 Å². The molecule has 1 atom stereocenters. The summed E-state index contributed by atoms with van der Waals surface area (Å²) in [6.07, 6.45) is 2.59. The van der Waals surface area contributed by atoms with E-state index < -0.39 is 21.4 Å². The van der Waals surface area contributed by atoms with E-state index in [0.717, 1.165) is 25.3 Å².